The lowest BCUT2D eigenvalue weighted by Crippen LogP contribution is -2.49. The van der Waals surface area contributed by atoms with Crippen LogP contribution in [0.15, 0.2) is 48.8 Å². The van der Waals surface area contributed by atoms with Gasteiger partial charge in [-0.15, -0.1) is 0 Å². The molecule has 2 saturated heterocycles. The second-order valence-electron chi connectivity index (χ2n) is 9.13. The van der Waals surface area contributed by atoms with Crippen molar-refractivity contribution < 1.29 is 19.1 Å². The number of piperidine rings is 1. The molecule has 0 spiro atoms. The lowest BCUT2D eigenvalue weighted by molar-refractivity contribution is -0.132. The van der Waals surface area contributed by atoms with Gasteiger partial charge in [-0.3, -0.25) is 24.4 Å². The number of carbonyl (C=O) groups is 3. The molecule has 0 atom stereocenters. The number of aromatic nitrogens is 1. The number of amides is 3. The smallest absolute Gasteiger partial charge is 0.410 e. The number of ether oxygens (including phenoxy) is 1. The maximum Gasteiger partial charge on any atom is 0.415 e. The van der Waals surface area contributed by atoms with Crippen LogP contribution in [0.1, 0.15) is 32.3 Å². The van der Waals surface area contributed by atoms with E-state index in [4.69, 9.17) is 4.74 Å². The Kier molecular flexibility index (Phi) is 6.23. The van der Waals surface area contributed by atoms with Crippen LogP contribution in [0.5, 0.6) is 5.75 Å². The molecule has 3 heterocycles. The third-order valence-electron chi connectivity index (χ3n) is 5.82. The fourth-order valence-electron chi connectivity index (χ4n) is 4.13. The number of imide groups is 1. The van der Waals surface area contributed by atoms with Crippen LogP contribution in [-0.2, 0) is 16.1 Å². The molecule has 0 radical (unpaired) electrons. The molecule has 168 valence electrons. The van der Waals surface area contributed by atoms with E-state index in [1.165, 1.54) is 4.90 Å². The molecule has 2 fully saturated rings. The van der Waals surface area contributed by atoms with Crippen molar-refractivity contribution in [1.82, 2.24) is 14.8 Å². The highest BCUT2D eigenvalue weighted by Crippen LogP contribution is 2.34. The van der Waals surface area contributed by atoms with Crippen LogP contribution >= 0.6 is 0 Å². The quantitative estimate of drug-likeness (QED) is 0.685. The summed E-state index contributed by atoms with van der Waals surface area (Å²) in [6.45, 7) is 7.34. The van der Waals surface area contributed by atoms with E-state index in [1.807, 2.05) is 32.2 Å². The Labute approximate surface area is 187 Å². The van der Waals surface area contributed by atoms with Crippen molar-refractivity contribution in [3.05, 3.63) is 54.4 Å². The van der Waals surface area contributed by atoms with Crippen molar-refractivity contribution >= 4 is 23.6 Å². The van der Waals surface area contributed by atoms with Gasteiger partial charge in [-0.1, -0.05) is 19.9 Å². The number of hydrogen-bond donors (Lipinski definition) is 0. The Hall–Kier alpha value is -3.26. The normalized spacial score (nSPS) is 19.2. The topological polar surface area (TPSA) is 83.1 Å². The van der Waals surface area contributed by atoms with Crippen molar-refractivity contribution in [2.24, 2.45) is 5.41 Å². The largest absolute Gasteiger partial charge is 0.415 e. The molecule has 8 nitrogen and oxygen atoms in total. The first-order valence-electron chi connectivity index (χ1n) is 10.8. The monoisotopic (exact) mass is 436 g/mol. The van der Waals surface area contributed by atoms with Gasteiger partial charge in [0.2, 0.25) is 11.8 Å². The van der Waals surface area contributed by atoms with Crippen molar-refractivity contribution in [1.29, 1.82) is 0 Å². The highest BCUT2D eigenvalue weighted by molar-refractivity contribution is 6.16. The lowest BCUT2D eigenvalue weighted by atomic mass is 9.81. The Morgan fingerprint density at radius 1 is 1.00 bits per heavy atom. The highest BCUT2D eigenvalue weighted by Gasteiger charge is 2.38. The van der Waals surface area contributed by atoms with Gasteiger partial charge in [-0.2, -0.15) is 0 Å². The van der Waals surface area contributed by atoms with Crippen LogP contribution < -0.4 is 9.64 Å². The fraction of sp³-hybridized carbons (Fsp3) is 0.417. The summed E-state index contributed by atoms with van der Waals surface area (Å²) in [5.41, 5.74) is 1.33. The maximum absolute atomic E-state index is 12.6. The molecule has 0 aliphatic carbocycles. The van der Waals surface area contributed by atoms with Gasteiger partial charge in [0.05, 0.1) is 5.69 Å². The number of rotatable bonds is 4. The van der Waals surface area contributed by atoms with Gasteiger partial charge in [0.15, 0.2) is 0 Å². The SMILES string of the molecule is CC1(C)CC(=O)N(c2ccc(OC(=O)N3CCN(Cc4cccnc4)CC3)cc2)C(=O)C1. The van der Waals surface area contributed by atoms with Crippen LogP contribution in [0, 0.1) is 5.41 Å². The minimum Gasteiger partial charge on any atom is -0.410 e. The minimum atomic E-state index is -0.398. The molecule has 4 rings (SSSR count). The molecule has 2 aromatic rings. The van der Waals surface area contributed by atoms with Crippen molar-refractivity contribution in [3.63, 3.8) is 0 Å². The Morgan fingerprint density at radius 2 is 1.66 bits per heavy atom. The zero-order valence-corrected chi connectivity index (χ0v) is 18.5. The van der Waals surface area contributed by atoms with E-state index < -0.39 is 6.09 Å². The third-order valence-corrected chi connectivity index (χ3v) is 5.82. The zero-order valence-electron chi connectivity index (χ0n) is 18.5. The number of anilines is 1. The number of pyridine rings is 1. The summed E-state index contributed by atoms with van der Waals surface area (Å²) in [6.07, 6.45) is 3.86. The highest BCUT2D eigenvalue weighted by atomic mass is 16.6. The molecule has 8 heteroatoms. The van der Waals surface area contributed by atoms with Crippen LogP contribution in [-0.4, -0.2) is 58.9 Å². The average molecular weight is 437 g/mol. The Morgan fingerprint density at radius 3 is 2.25 bits per heavy atom. The summed E-state index contributed by atoms with van der Waals surface area (Å²) in [4.78, 5) is 46.8. The van der Waals surface area contributed by atoms with Gasteiger partial charge in [0.1, 0.15) is 5.75 Å². The molecular formula is C24H28N4O4. The number of carbonyl (C=O) groups excluding carboxylic acids is 3. The summed E-state index contributed by atoms with van der Waals surface area (Å²) in [5, 5.41) is 0. The van der Waals surface area contributed by atoms with E-state index in [-0.39, 0.29) is 17.2 Å². The molecule has 0 bridgehead atoms. The summed E-state index contributed by atoms with van der Waals surface area (Å²) in [6, 6.07) is 10.5. The van der Waals surface area contributed by atoms with Gasteiger partial charge >= 0.3 is 6.09 Å². The number of piperazine rings is 1. The predicted octanol–water partition coefficient (Wildman–Crippen LogP) is 3.08. The van der Waals surface area contributed by atoms with Crippen LogP contribution in [0.3, 0.4) is 0 Å². The zero-order chi connectivity index (χ0) is 22.7. The molecule has 0 N–H and O–H groups in total. The van der Waals surface area contributed by atoms with Gasteiger partial charge in [-0.25, -0.2) is 4.79 Å². The van der Waals surface area contributed by atoms with Gasteiger partial charge in [0, 0.05) is 58.0 Å². The fourth-order valence-corrected chi connectivity index (χ4v) is 4.13. The lowest BCUT2D eigenvalue weighted by Gasteiger charge is -2.34. The van der Waals surface area contributed by atoms with Crippen LogP contribution in [0.4, 0.5) is 10.5 Å². The van der Waals surface area contributed by atoms with E-state index in [1.54, 1.807) is 35.4 Å². The molecule has 0 unspecified atom stereocenters. The molecule has 0 saturated carbocycles. The van der Waals surface area contributed by atoms with Crippen LogP contribution in [0.25, 0.3) is 0 Å². The molecular weight excluding hydrogens is 408 g/mol. The maximum atomic E-state index is 12.6. The molecule has 2 aliphatic heterocycles. The molecule has 1 aromatic heterocycles. The average Bonchev–Trinajstić information content (AvgIpc) is 2.75. The van der Waals surface area contributed by atoms with Crippen molar-refractivity contribution in [2.75, 3.05) is 31.1 Å². The van der Waals surface area contributed by atoms with E-state index in [2.05, 4.69) is 9.88 Å². The van der Waals surface area contributed by atoms with E-state index in [9.17, 15) is 14.4 Å². The molecule has 2 aliphatic rings. The summed E-state index contributed by atoms with van der Waals surface area (Å²) >= 11 is 0. The summed E-state index contributed by atoms with van der Waals surface area (Å²) in [7, 11) is 0. The van der Waals surface area contributed by atoms with Gasteiger partial charge < -0.3 is 9.64 Å². The van der Waals surface area contributed by atoms with Crippen molar-refractivity contribution in [3.8, 4) is 5.75 Å². The van der Waals surface area contributed by atoms with Gasteiger partial charge in [-0.05, 0) is 41.3 Å². The van der Waals surface area contributed by atoms with Crippen LogP contribution in [0.2, 0.25) is 0 Å². The third kappa shape index (κ3) is 5.13. The van der Waals surface area contributed by atoms with Gasteiger partial charge in [0.25, 0.3) is 0 Å². The standard InChI is InChI=1S/C24H28N4O4/c1-24(2)14-21(29)28(22(30)15-24)19-5-7-20(8-6-19)32-23(31)27-12-10-26(11-13-27)17-18-4-3-9-25-16-18/h3-9,16H,10-15,17H2,1-2H3. The molecule has 3 amide bonds. The van der Waals surface area contributed by atoms with E-state index in [0.717, 1.165) is 25.2 Å². The summed E-state index contributed by atoms with van der Waals surface area (Å²) < 4.78 is 5.51. The molecule has 1 aromatic carbocycles. The number of hydrogen-bond acceptors (Lipinski definition) is 6. The van der Waals surface area contributed by atoms with E-state index >= 15 is 0 Å². The first-order chi connectivity index (χ1) is 15.3. The predicted molar refractivity (Wildman–Crippen MR) is 119 cm³/mol. The molecule has 32 heavy (non-hydrogen) atoms. The van der Waals surface area contributed by atoms with Crippen molar-refractivity contribution in [2.45, 2.75) is 33.2 Å². The number of nitrogens with zero attached hydrogens (tertiary/aromatic N) is 4. The minimum absolute atomic E-state index is 0.208. The Bertz CT molecular complexity index is 963. The second-order valence-corrected chi connectivity index (χ2v) is 9.13. The Balaban J connectivity index is 1.30. The number of benzene rings is 1. The second kappa shape index (κ2) is 9.08. The first-order valence-corrected chi connectivity index (χ1v) is 10.8. The first kappa shape index (κ1) is 22.0. The summed E-state index contributed by atoms with van der Waals surface area (Å²) in [5.74, 6) is -0.0333. The van der Waals surface area contributed by atoms with E-state index in [0.29, 0.717) is 37.4 Å².